The predicted octanol–water partition coefficient (Wildman–Crippen LogP) is 2.67. The van der Waals surface area contributed by atoms with E-state index in [4.69, 9.17) is 0 Å². The summed E-state index contributed by atoms with van der Waals surface area (Å²) in [5, 5.41) is 2.87. The highest BCUT2D eigenvalue weighted by Crippen LogP contribution is 2.15. The number of hydrogen-bond acceptors (Lipinski definition) is 2. The number of nitrogens with zero attached hydrogens (tertiary/aromatic N) is 1. The number of nitrogens with one attached hydrogen (secondary N) is 1. The van der Waals surface area contributed by atoms with Crippen LogP contribution in [0.5, 0.6) is 0 Å². The molecule has 0 heterocycles. The Labute approximate surface area is 104 Å². The molecule has 0 saturated carbocycles. The largest absolute Gasteiger partial charge is 0.372 e. The van der Waals surface area contributed by atoms with Gasteiger partial charge >= 0.3 is 0 Å². The highest BCUT2D eigenvalue weighted by molar-refractivity contribution is 5.94. The number of anilines is 1. The average molecular weight is 234 g/mol. The molecule has 0 bridgehead atoms. The SMILES string of the molecule is CCCNC(=O)c1ccc(N(C)C(C)C)cc1. The van der Waals surface area contributed by atoms with Crippen molar-refractivity contribution in [2.75, 3.05) is 18.5 Å². The molecule has 0 fully saturated rings. The first-order valence-corrected chi connectivity index (χ1v) is 6.17. The fourth-order valence-corrected chi connectivity index (χ4v) is 1.49. The summed E-state index contributed by atoms with van der Waals surface area (Å²) in [6, 6.07) is 8.18. The van der Waals surface area contributed by atoms with Gasteiger partial charge < -0.3 is 10.2 Å². The Morgan fingerprint density at radius 2 is 1.88 bits per heavy atom. The molecular formula is C14H22N2O. The molecule has 3 heteroatoms. The monoisotopic (exact) mass is 234 g/mol. The van der Waals surface area contributed by atoms with Crippen LogP contribution in [0.1, 0.15) is 37.6 Å². The summed E-state index contributed by atoms with van der Waals surface area (Å²) >= 11 is 0. The van der Waals surface area contributed by atoms with Crippen LogP contribution in [0.15, 0.2) is 24.3 Å². The molecule has 1 aromatic carbocycles. The van der Waals surface area contributed by atoms with Gasteiger partial charge in [-0.2, -0.15) is 0 Å². The highest BCUT2D eigenvalue weighted by Gasteiger charge is 2.07. The molecule has 0 aliphatic heterocycles. The first-order valence-electron chi connectivity index (χ1n) is 6.17. The Kier molecular flexibility index (Phi) is 5.01. The Balaban J connectivity index is 2.71. The average Bonchev–Trinajstić information content (AvgIpc) is 2.35. The maximum absolute atomic E-state index is 11.7. The number of hydrogen-bond donors (Lipinski definition) is 1. The number of carbonyl (C=O) groups excluding carboxylic acids is 1. The number of rotatable bonds is 5. The van der Waals surface area contributed by atoms with Crippen molar-refractivity contribution in [1.29, 1.82) is 0 Å². The van der Waals surface area contributed by atoms with Gasteiger partial charge in [0.1, 0.15) is 0 Å². The zero-order valence-electron chi connectivity index (χ0n) is 11.2. The van der Waals surface area contributed by atoms with Crippen molar-refractivity contribution < 1.29 is 4.79 Å². The van der Waals surface area contributed by atoms with Crippen molar-refractivity contribution in [3.8, 4) is 0 Å². The topological polar surface area (TPSA) is 32.3 Å². The van der Waals surface area contributed by atoms with Crippen LogP contribution in [-0.2, 0) is 0 Å². The summed E-state index contributed by atoms with van der Waals surface area (Å²) in [5.74, 6) is 0.00519. The number of amides is 1. The maximum atomic E-state index is 11.7. The number of benzene rings is 1. The summed E-state index contributed by atoms with van der Waals surface area (Å²) in [7, 11) is 2.05. The van der Waals surface area contributed by atoms with E-state index in [0.717, 1.165) is 24.2 Å². The van der Waals surface area contributed by atoms with Crippen molar-refractivity contribution in [3.05, 3.63) is 29.8 Å². The molecule has 1 amide bonds. The molecule has 1 N–H and O–H groups in total. The molecule has 0 radical (unpaired) electrons. The summed E-state index contributed by atoms with van der Waals surface area (Å²) in [6.07, 6.45) is 0.958. The Hall–Kier alpha value is -1.51. The lowest BCUT2D eigenvalue weighted by atomic mass is 10.1. The minimum Gasteiger partial charge on any atom is -0.372 e. The third-order valence-corrected chi connectivity index (χ3v) is 2.85. The molecule has 17 heavy (non-hydrogen) atoms. The molecule has 0 spiro atoms. The standard InChI is InChI=1S/C14H22N2O/c1-5-10-15-14(17)12-6-8-13(9-7-12)16(4)11(2)3/h6-9,11H,5,10H2,1-4H3,(H,15,17). The molecule has 1 rings (SSSR count). The second kappa shape index (κ2) is 6.28. The molecule has 0 aliphatic carbocycles. The van der Waals surface area contributed by atoms with E-state index >= 15 is 0 Å². The zero-order chi connectivity index (χ0) is 12.8. The first-order chi connectivity index (χ1) is 8.06. The number of carbonyl (C=O) groups is 1. The molecule has 94 valence electrons. The van der Waals surface area contributed by atoms with E-state index < -0.39 is 0 Å². The maximum Gasteiger partial charge on any atom is 0.251 e. The zero-order valence-corrected chi connectivity index (χ0v) is 11.2. The lowest BCUT2D eigenvalue weighted by Gasteiger charge is -2.23. The van der Waals surface area contributed by atoms with E-state index in [1.165, 1.54) is 0 Å². The van der Waals surface area contributed by atoms with Gasteiger partial charge in [0.25, 0.3) is 5.91 Å². The van der Waals surface area contributed by atoms with Crippen molar-refractivity contribution in [1.82, 2.24) is 5.32 Å². The molecule has 0 aromatic heterocycles. The minimum absolute atomic E-state index is 0.00519. The fraction of sp³-hybridized carbons (Fsp3) is 0.500. The smallest absolute Gasteiger partial charge is 0.251 e. The fourth-order valence-electron chi connectivity index (χ4n) is 1.49. The van der Waals surface area contributed by atoms with Crippen LogP contribution in [-0.4, -0.2) is 25.5 Å². The van der Waals surface area contributed by atoms with Crippen molar-refractivity contribution in [2.45, 2.75) is 33.2 Å². The summed E-state index contributed by atoms with van der Waals surface area (Å²) in [4.78, 5) is 13.9. The van der Waals surface area contributed by atoms with Crippen LogP contribution in [0.25, 0.3) is 0 Å². The van der Waals surface area contributed by atoms with E-state index in [0.29, 0.717) is 6.04 Å². The van der Waals surface area contributed by atoms with E-state index in [1.807, 2.05) is 31.2 Å². The minimum atomic E-state index is 0.00519. The third-order valence-electron chi connectivity index (χ3n) is 2.85. The molecule has 0 saturated heterocycles. The van der Waals surface area contributed by atoms with Gasteiger partial charge in [0.05, 0.1) is 0 Å². The van der Waals surface area contributed by atoms with Gasteiger partial charge in [-0.1, -0.05) is 6.92 Å². The summed E-state index contributed by atoms with van der Waals surface area (Å²) < 4.78 is 0. The molecule has 0 unspecified atom stereocenters. The van der Waals surface area contributed by atoms with E-state index in [-0.39, 0.29) is 5.91 Å². The Morgan fingerprint density at radius 1 is 1.29 bits per heavy atom. The molecule has 0 atom stereocenters. The predicted molar refractivity (Wildman–Crippen MR) is 72.6 cm³/mol. The van der Waals surface area contributed by atoms with Crippen LogP contribution in [0, 0.1) is 0 Å². The normalized spacial score (nSPS) is 10.4. The van der Waals surface area contributed by atoms with Gasteiger partial charge in [-0.05, 0) is 44.5 Å². The Bertz CT molecular complexity index is 357. The lowest BCUT2D eigenvalue weighted by Crippen LogP contribution is -2.26. The van der Waals surface area contributed by atoms with E-state index in [1.54, 1.807) is 0 Å². The van der Waals surface area contributed by atoms with Crippen LogP contribution in [0.4, 0.5) is 5.69 Å². The highest BCUT2D eigenvalue weighted by atomic mass is 16.1. The van der Waals surface area contributed by atoms with Gasteiger partial charge in [-0.25, -0.2) is 0 Å². The second-order valence-corrected chi connectivity index (χ2v) is 4.51. The molecule has 0 aliphatic rings. The van der Waals surface area contributed by atoms with Crippen molar-refractivity contribution in [3.63, 3.8) is 0 Å². The molecule has 3 nitrogen and oxygen atoms in total. The molecule has 1 aromatic rings. The van der Waals surface area contributed by atoms with E-state index in [9.17, 15) is 4.79 Å². The van der Waals surface area contributed by atoms with E-state index in [2.05, 4.69) is 31.1 Å². The van der Waals surface area contributed by atoms with Crippen LogP contribution >= 0.6 is 0 Å². The van der Waals surface area contributed by atoms with Crippen molar-refractivity contribution >= 4 is 11.6 Å². The summed E-state index contributed by atoms with van der Waals surface area (Å²) in [5.41, 5.74) is 1.85. The van der Waals surface area contributed by atoms with Gasteiger partial charge in [-0.15, -0.1) is 0 Å². The van der Waals surface area contributed by atoms with Gasteiger partial charge in [0, 0.05) is 30.9 Å². The summed E-state index contributed by atoms with van der Waals surface area (Å²) in [6.45, 7) is 7.05. The van der Waals surface area contributed by atoms with Crippen LogP contribution in [0.2, 0.25) is 0 Å². The first kappa shape index (κ1) is 13.6. The molecular weight excluding hydrogens is 212 g/mol. The van der Waals surface area contributed by atoms with Crippen LogP contribution in [0.3, 0.4) is 0 Å². The third kappa shape index (κ3) is 3.77. The van der Waals surface area contributed by atoms with Gasteiger partial charge in [0.15, 0.2) is 0 Å². The van der Waals surface area contributed by atoms with Gasteiger partial charge in [0.2, 0.25) is 0 Å². The Morgan fingerprint density at radius 3 is 2.35 bits per heavy atom. The quantitative estimate of drug-likeness (QED) is 0.849. The van der Waals surface area contributed by atoms with Crippen LogP contribution < -0.4 is 10.2 Å². The lowest BCUT2D eigenvalue weighted by molar-refractivity contribution is 0.0953. The van der Waals surface area contributed by atoms with Crippen molar-refractivity contribution in [2.24, 2.45) is 0 Å². The van der Waals surface area contributed by atoms with Gasteiger partial charge in [-0.3, -0.25) is 4.79 Å². The second-order valence-electron chi connectivity index (χ2n) is 4.51.